The number of carbonyl (C=O) groups excluding carboxylic acids is 1. The van der Waals surface area contributed by atoms with Crippen LogP contribution in [-0.2, 0) is 5.75 Å². The van der Waals surface area contributed by atoms with Crippen LogP contribution < -0.4 is 0 Å². The fourth-order valence-electron chi connectivity index (χ4n) is 1.59. The molecule has 0 N–H and O–H groups in total. The van der Waals surface area contributed by atoms with Crippen LogP contribution in [0, 0.1) is 11.6 Å². The van der Waals surface area contributed by atoms with Crippen LogP contribution in [0.2, 0.25) is 0 Å². The molecule has 0 spiro atoms. The van der Waals surface area contributed by atoms with Crippen LogP contribution >= 0.6 is 11.8 Å². The van der Waals surface area contributed by atoms with Gasteiger partial charge in [-0.05, 0) is 26.0 Å². The minimum Gasteiger partial charge on any atom is -0.293 e. The first-order valence-electron chi connectivity index (χ1n) is 4.59. The van der Waals surface area contributed by atoms with Gasteiger partial charge in [0.2, 0.25) is 0 Å². The van der Waals surface area contributed by atoms with Gasteiger partial charge in [-0.15, -0.1) is 11.8 Å². The van der Waals surface area contributed by atoms with Crippen LogP contribution in [0.15, 0.2) is 12.1 Å². The number of halogens is 2. The van der Waals surface area contributed by atoms with Gasteiger partial charge in [0.05, 0.1) is 4.75 Å². The molecule has 15 heavy (non-hydrogen) atoms. The summed E-state index contributed by atoms with van der Waals surface area (Å²) in [5.41, 5.74) is 0.516. The van der Waals surface area contributed by atoms with Crippen molar-refractivity contribution >= 4 is 17.5 Å². The van der Waals surface area contributed by atoms with Crippen LogP contribution in [0.3, 0.4) is 0 Å². The third-order valence-electron chi connectivity index (χ3n) is 2.56. The van der Waals surface area contributed by atoms with Crippen molar-refractivity contribution in [3.63, 3.8) is 0 Å². The first-order valence-corrected chi connectivity index (χ1v) is 5.57. The molecule has 1 heterocycles. The molecule has 0 fully saturated rings. The Kier molecular flexibility index (Phi) is 2.34. The average molecular weight is 228 g/mol. The third-order valence-corrected chi connectivity index (χ3v) is 3.90. The second-order valence-electron chi connectivity index (χ2n) is 4.02. The molecule has 2 rings (SSSR count). The second-order valence-corrected chi connectivity index (χ2v) is 5.61. The molecule has 0 saturated heterocycles. The number of ketones is 1. The first-order chi connectivity index (χ1) is 6.93. The fourth-order valence-corrected chi connectivity index (χ4v) is 2.62. The Morgan fingerprint density at radius 1 is 1.33 bits per heavy atom. The summed E-state index contributed by atoms with van der Waals surface area (Å²) < 4.78 is 25.8. The maximum absolute atomic E-state index is 13.4. The molecule has 1 aromatic carbocycles. The summed E-state index contributed by atoms with van der Waals surface area (Å²) in [5.74, 6) is -1.56. The summed E-state index contributed by atoms with van der Waals surface area (Å²) in [6.07, 6.45) is 0. The summed E-state index contributed by atoms with van der Waals surface area (Å²) in [6.45, 7) is 3.59. The SMILES string of the molecule is CC1(C)SCc2c(ccc(F)c2F)C1=O. The quantitative estimate of drug-likeness (QED) is 0.678. The van der Waals surface area contributed by atoms with Crippen LogP contribution in [0.25, 0.3) is 0 Å². The van der Waals surface area contributed by atoms with Gasteiger partial charge in [-0.25, -0.2) is 8.78 Å². The molecule has 1 aliphatic heterocycles. The van der Waals surface area contributed by atoms with E-state index in [2.05, 4.69) is 0 Å². The zero-order chi connectivity index (χ0) is 11.2. The molecule has 0 atom stereocenters. The lowest BCUT2D eigenvalue weighted by molar-refractivity contribution is 0.0954. The predicted molar refractivity (Wildman–Crippen MR) is 56.1 cm³/mol. The van der Waals surface area contributed by atoms with Crippen molar-refractivity contribution in [1.29, 1.82) is 0 Å². The maximum Gasteiger partial charge on any atom is 0.178 e. The van der Waals surface area contributed by atoms with Gasteiger partial charge in [0.25, 0.3) is 0 Å². The number of carbonyl (C=O) groups is 1. The number of rotatable bonds is 0. The molecular formula is C11H10F2OS. The number of fused-ring (bicyclic) bond motifs is 1. The van der Waals surface area contributed by atoms with Crippen LogP contribution in [0.4, 0.5) is 8.78 Å². The number of hydrogen-bond acceptors (Lipinski definition) is 2. The zero-order valence-electron chi connectivity index (χ0n) is 8.43. The first kappa shape index (κ1) is 10.6. The summed E-state index contributed by atoms with van der Waals surface area (Å²) in [6, 6.07) is 2.38. The van der Waals surface area contributed by atoms with Crippen LogP contribution in [0.1, 0.15) is 29.8 Å². The standard InChI is InChI=1S/C11H10F2OS/c1-11(2)10(14)6-3-4-8(12)9(13)7(6)5-15-11/h3-4H,5H2,1-2H3. The van der Waals surface area contributed by atoms with Crippen molar-refractivity contribution in [2.45, 2.75) is 24.3 Å². The van der Waals surface area contributed by atoms with Crippen molar-refractivity contribution < 1.29 is 13.6 Å². The van der Waals surface area contributed by atoms with E-state index in [-0.39, 0.29) is 11.3 Å². The largest absolute Gasteiger partial charge is 0.293 e. The third kappa shape index (κ3) is 1.57. The molecule has 0 saturated carbocycles. The van der Waals surface area contributed by atoms with Gasteiger partial charge in [-0.1, -0.05) is 0 Å². The van der Waals surface area contributed by atoms with E-state index in [1.54, 1.807) is 13.8 Å². The van der Waals surface area contributed by atoms with E-state index in [4.69, 9.17) is 0 Å². The number of hydrogen-bond donors (Lipinski definition) is 0. The average Bonchev–Trinajstić information content (AvgIpc) is 2.17. The highest BCUT2D eigenvalue weighted by atomic mass is 32.2. The number of benzene rings is 1. The molecule has 1 aliphatic rings. The molecule has 1 nitrogen and oxygen atoms in total. The molecule has 0 aromatic heterocycles. The van der Waals surface area contributed by atoms with Gasteiger partial charge >= 0.3 is 0 Å². The van der Waals surface area contributed by atoms with E-state index < -0.39 is 16.4 Å². The Labute approximate surface area is 90.9 Å². The molecule has 1 aromatic rings. The van der Waals surface area contributed by atoms with E-state index in [9.17, 15) is 13.6 Å². The van der Waals surface area contributed by atoms with E-state index in [0.717, 1.165) is 6.07 Å². The zero-order valence-corrected chi connectivity index (χ0v) is 9.25. The van der Waals surface area contributed by atoms with E-state index >= 15 is 0 Å². The molecule has 80 valence electrons. The van der Waals surface area contributed by atoms with Gasteiger partial charge in [0.15, 0.2) is 17.4 Å². The Morgan fingerprint density at radius 3 is 2.67 bits per heavy atom. The molecule has 4 heteroatoms. The van der Waals surface area contributed by atoms with Crippen LogP contribution in [0.5, 0.6) is 0 Å². The molecule has 0 amide bonds. The Bertz CT molecular complexity index is 440. The van der Waals surface area contributed by atoms with Crippen molar-refractivity contribution in [1.82, 2.24) is 0 Å². The maximum atomic E-state index is 13.4. The molecule has 0 radical (unpaired) electrons. The van der Waals surface area contributed by atoms with Gasteiger partial charge < -0.3 is 0 Å². The highest BCUT2D eigenvalue weighted by Crippen LogP contribution is 2.39. The lowest BCUT2D eigenvalue weighted by Crippen LogP contribution is -2.33. The molecule has 0 aliphatic carbocycles. The normalized spacial score (nSPS) is 18.8. The summed E-state index contributed by atoms with van der Waals surface area (Å²) in [5, 5.41) is 0. The lowest BCUT2D eigenvalue weighted by atomic mass is 9.95. The van der Waals surface area contributed by atoms with Gasteiger partial charge in [-0.2, -0.15) is 0 Å². The van der Waals surface area contributed by atoms with E-state index in [1.807, 2.05) is 0 Å². The second kappa shape index (κ2) is 3.30. The molecule has 0 unspecified atom stereocenters. The topological polar surface area (TPSA) is 17.1 Å². The highest BCUT2D eigenvalue weighted by Gasteiger charge is 2.36. The molecule has 0 bridgehead atoms. The number of thioether (sulfide) groups is 1. The predicted octanol–water partition coefficient (Wildman–Crippen LogP) is 3.17. The smallest absolute Gasteiger partial charge is 0.178 e. The van der Waals surface area contributed by atoms with Gasteiger partial charge in [-0.3, -0.25) is 4.79 Å². The Morgan fingerprint density at radius 2 is 2.00 bits per heavy atom. The fraction of sp³-hybridized carbons (Fsp3) is 0.364. The molecular weight excluding hydrogens is 218 g/mol. The van der Waals surface area contributed by atoms with Gasteiger partial charge in [0, 0.05) is 16.9 Å². The monoisotopic (exact) mass is 228 g/mol. The highest BCUT2D eigenvalue weighted by molar-refractivity contribution is 8.00. The van der Waals surface area contributed by atoms with Crippen LogP contribution in [-0.4, -0.2) is 10.5 Å². The number of Topliss-reactive ketones (excluding diaryl/α,β-unsaturated/α-hetero) is 1. The Balaban J connectivity index is 2.61. The van der Waals surface area contributed by atoms with Crippen molar-refractivity contribution in [3.05, 3.63) is 34.9 Å². The minimum atomic E-state index is -0.887. The Hall–Kier alpha value is -0.900. The lowest BCUT2D eigenvalue weighted by Gasteiger charge is -2.29. The van der Waals surface area contributed by atoms with Crippen molar-refractivity contribution in [2.75, 3.05) is 0 Å². The summed E-state index contributed by atoms with van der Waals surface area (Å²) in [7, 11) is 0. The summed E-state index contributed by atoms with van der Waals surface area (Å²) >= 11 is 1.34. The van der Waals surface area contributed by atoms with Crippen molar-refractivity contribution in [3.8, 4) is 0 Å². The summed E-state index contributed by atoms with van der Waals surface area (Å²) in [4.78, 5) is 11.9. The van der Waals surface area contributed by atoms with E-state index in [0.29, 0.717) is 11.3 Å². The van der Waals surface area contributed by atoms with Gasteiger partial charge in [0.1, 0.15) is 0 Å². The van der Waals surface area contributed by atoms with E-state index in [1.165, 1.54) is 17.8 Å². The minimum absolute atomic E-state index is 0.132. The van der Waals surface area contributed by atoms with Crippen molar-refractivity contribution in [2.24, 2.45) is 0 Å².